The predicted molar refractivity (Wildman–Crippen MR) is 94.5 cm³/mol. The van der Waals surface area contributed by atoms with Crippen molar-refractivity contribution in [1.29, 1.82) is 0 Å². The van der Waals surface area contributed by atoms with E-state index in [-0.39, 0.29) is 29.6 Å². The van der Waals surface area contributed by atoms with Crippen LogP contribution < -0.4 is 10.3 Å². The van der Waals surface area contributed by atoms with Gasteiger partial charge < -0.3 is 14.6 Å². The Morgan fingerprint density at radius 1 is 1.38 bits per heavy atom. The lowest BCUT2D eigenvalue weighted by molar-refractivity contribution is -0.132. The molecule has 1 aromatic carbocycles. The minimum Gasteiger partial charge on any atom is -0.493 e. The summed E-state index contributed by atoms with van der Waals surface area (Å²) in [6.07, 6.45) is 3.38. The van der Waals surface area contributed by atoms with Gasteiger partial charge in [0.1, 0.15) is 17.4 Å². The van der Waals surface area contributed by atoms with Crippen LogP contribution in [0, 0.1) is 18.7 Å². The molecule has 0 aliphatic carbocycles. The fourth-order valence-corrected chi connectivity index (χ4v) is 3.08. The second kappa shape index (κ2) is 8.12. The van der Waals surface area contributed by atoms with Gasteiger partial charge >= 0.3 is 0 Å². The van der Waals surface area contributed by atoms with Crippen molar-refractivity contribution in [2.24, 2.45) is 5.92 Å². The van der Waals surface area contributed by atoms with Gasteiger partial charge in [0.25, 0.3) is 5.56 Å². The zero-order valence-corrected chi connectivity index (χ0v) is 14.7. The van der Waals surface area contributed by atoms with Crippen LogP contribution in [0.15, 0.2) is 35.3 Å². The normalized spacial score (nSPS) is 17.2. The fourth-order valence-electron chi connectivity index (χ4n) is 3.08. The smallest absolute Gasteiger partial charge is 0.254 e. The van der Waals surface area contributed by atoms with Gasteiger partial charge in [-0.15, -0.1) is 0 Å². The Morgan fingerprint density at radius 3 is 2.88 bits per heavy atom. The molecule has 1 fully saturated rings. The number of ether oxygens (including phenoxy) is 1. The Hall–Kier alpha value is -2.70. The number of aromatic nitrogens is 2. The number of benzene rings is 1. The highest BCUT2D eigenvalue weighted by molar-refractivity contribution is 5.78. The number of halogens is 1. The number of aryl methyl sites for hydroxylation is 1. The molecule has 0 radical (unpaired) electrons. The maximum absolute atomic E-state index is 12.9. The number of nitrogens with zero attached hydrogens (tertiary/aromatic N) is 2. The average molecular weight is 359 g/mol. The zero-order valence-electron chi connectivity index (χ0n) is 14.7. The second-order valence-corrected chi connectivity index (χ2v) is 6.61. The predicted octanol–water partition coefficient (Wildman–Crippen LogP) is 2.08. The van der Waals surface area contributed by atoms with Crippen molar-refractivity contribution in [3.8, 4) is 5.75 Å². The topological polar surface area (TPSA) is 75.3 Å². The van der Waals surface area contributed by atoms with E-state index < -0.39 is 0 Å². The summed E-state index contributed by atoms with van der Waals surface area (Å²) in [5.41, 5.74) is 0.115. The minimum absolute atomic E-state index is 0.0498. The van der Waals surface area contributed by atoms with Gasteiger partial charge in [0.15, 0.2) is 0 Å². The summed E-state index contributed by atoms with van der Waals surface area (Å²) in [5.74, 6) is 0.987. The number of amides is 1. The molecule has 1 aliphatic rings. The lowest BCUT2D eigenvalue weighted by Crippen LogP contribution is -2.42. The van der Waals surface area contributed by atoms with E-state index in [1.807, 2.05) is 0 Å². The van der Waals surface area contributed by atoms with E-state index in [0.717, 1.165) is 12.8 Å². The molecule has 3 rings (SSSR count). The van der Waals surface area contributed by atoms with Crippen LogP contribution in [0.2, 0.25) is 0 Å². The highest BCUT2D eigenvalue weighted by atomic mass is 19.1. The van der Waals surface area contributed by atoms with Gasteiger partial charge in [0, 0.05) is 30.8 Å². The second-order valence-electron chi connectivity index (χ2n) is 6.61. The minimum atomic E-state index is -0.299. The number of nitrogens with one attached hydrogen (secondary N) is 1. The molecular formula is C19H22FN3O3. The number of likely N-dealkylation sites (tertiary alicyclic amines) is 1. The number of hydrogen-bond acceptors (Lipinski definition) is 4. The van der Waals surface area contributed by atoms with Gasteiger partial charge in [-0.2, -0.15) is 0 Å². The van der Waals surface area contributed by atoms with Crippen LogP contribution in [0.5, 0.6) is 5.75 Å². The van der Waals surface area contributed by atoms with E-state index in [1.54, 1.807) is 24.0 Å². The standard InChI is InChI=1S/C19H22FN3O3/c1-13-21-10-15(19(25)22-13)9-18(24)23-8-2-3-14(11-23)12-26-17-6-4-16(20)5-7-17/h4-7,10,14H,2-3,8-9,11-12H2,1H3,(H,21,22,25)/t14-/m1/s1. The van der Waals surface area contributed by atoms with E-state index in [4.69, 9.17) is 4.74 Å². The molecule has 26 heavy (non-hydrogen) atoms. The molecule has 1 atom stereocenters. The van der Waals surface area contributed by atoms with Crippen molar-refractivity contribution >= 4 is 5.91 Å². The molecule has 0 spiro atoms. The van der Waals surface area contributed by atoms with E-state index in [2.05, 4.69) is 9.97 Å². The summed E-state index contributed by atoms with van der Waals surface area (Å²) in [7, 11) is 0. The first-order valence-corrected chi connectivity index (χ1v) is 8.72. The monoisotopic (exact) mass is 359 g/mol. The number of carbonyl (C=O) groups excluding carboxylic acids is 1. The largest absolute Gasteiger partial charge is 0.493 e. The van der Waals surface area contributed by atoms with Crippen molar-refractivity contribution in [3.05, 3.63) is 58.0 Å². The summed E-state index contributed by atoms with van der Waals surface area (Å²) in [6, 6.07) is 5.91. The molecule has 0 bridgehead atoms. The molecule has 2 aromatic rings. The number of piperidine rings is 1. The Bertz CT molecular complexity index is 820. The van der Waals surface area contributed by atoms with Gasteiger partial charge in [0.05, 0.1) is 13.0 Å². The summed E-state index contributed by atoms with van der Waals surface area (Å²) in [4.78, 5) is 32.9. The lowest BCUT2D eigenvalue weighted by atomic mass is 9.98. The Labute approximate surface area is 151 Å². The number of hydrogen-bond donors (Lipinski definition) is 1. The molecule has 1 saturated heterocycles. The summed E-state index contributed by atoms with van der Waals surface area (Å²) >= 11 is 0. The van der Waals surface area contributed by atoms with Crippen LogP contribution >= 0.6 is 0 Å². The van der Waals surface area contributed by atoms with E-state index in [1.165, 1.54) is 18.3 Å². The lowest BCUT2D eigenvalue weighted by Gasteiger charge is -2.32. The average Bonchev–Trinajstić information content (AvgIpc) is 2.64. The third kappa shape index (κ3) is 4.68. The molecule has 6 nitrogen and oxygen atoms in total. The number of H-pyrrole nitrogens is 1. The Kier molecular flexibility index (Phi) is 5.65. The molecule has 1 amide bonds. The first-order valence-electron chi connectivity index (χ1n) is 8.72. The third-order valence-electron chi connectivity index (χ3n) is 4.51. The van der Waals surface area contributed by atoms with Gasteiger partial charge in [-0.25, -0.2) is 9.37 Å². The van der Waals surface area contributed by atoms with Crippen LogP contribution in [0.4, 0.5) is 4.39 Å². The molecule has 1 aromatic heterocycles. The fraction of sp³-hybridized carbons (Fsp3) is 0.421. The van der Waals surface area contributed by atoms with Gasteiger partial charge in [-0.1, -0.05) is 0 Å². The summed E-state index contributed by atoms with van der Waals surface area (Å²) in [6.45, 7) is 3.45. The highest BCUT2D eigenvalue weighted by Gasteiger charge is 2.24. The number of rotatable bonds is 5. The van der Waals surface area contributed by atoms with E-state index in [9.17, 15) is 14.0 Å². The Balaban J connectivity index is 1.54. The number of aromatic amines is 1. The summed E-state index contributed by atoms with van der Waals surface area (Å²) in [5, 5.41) is 0. The van der Waals surface area contributed by atoms with Gasteiger partial charge in [-0.3, -0.25) is 9.59 Å². The van der Waals surface area contributed by atoms with Gasteiger partial charge in [-0.05, 0) is 44.0 Å². The Morgan fingerprint density at radius 2 is 2.15 bits per heavy atom. The molecule has 0 unspecified atom stereocenters. The maximum Gasteiger partial charge on any atom is 0.254 e. The number of carbonyl (C=O) groups is 1. The third-order valence-corrected chi connectivity index (χ3v) is 4.51. The molecule has 1 N–H and O–H groups in total. The molecule has 2 heterocycles. The first-order chi connectivity index (χ1) is 12.5. The van der Waals surface area contributed by atoms with Crippen LogP contribution in [0.25, 0.3) is 0 Å². The van der Waals surface area contributed by atoms with Crippen molar-refractivity contribution in [3.63, 3.8) is 0 Å². The first kappa shape index (κ1) is 18.1. The molecule has 7 heteroatoms. The van der Waals surface area contributed by atoms with Crippen LogP contribution in [0.3, 0.4) is 0 Å². The van der Waals surface area contributed by atoms with Crippen molar-refractivity contribution in [2.45, 2.75) is 26.2 Å². The SMILES string of the molecule is Cc1ncc(CC(=O)N2CCC[C@@H](COc3ccc(F)cc3)C2)c(=O)[nH]1. The van der Waals surface area contributed by atoms with Crippen LogP contribution in [-0.2, 0) is 11.2 Å². The van der Waals surface area contributed by atoms with Crippen molar-refractivity contribution in [1.82, 2.24) is 14.9 Å². The molecule has 1 aliphatic heterocycles. The van der Waals surface area contributed by atoms with Crippen LogP contribution in [-0.4, -0.2) is 40.5 Å². The van der Waals surface area contributed by atoms with E-state index >= 15 is 0 Å². The molecule has 0 saturated carbocycles. The quantitative estimate of drug-likeness (QED) is 0.887. The molecular weight excluding hydrogens is 337 g/mol. The molecule has 138 valence electrons. The van der Waals surface area contributed by atoms with Crippen LogP contribution in [0.1, 0.15) is 24.2 Å². The van der Waals surface area contributed by atoms with Gasteiger partial charge in [0.2, 0.25) is 5.91 Å². The highest BCUT2D eigenvalue weighted by Crippen LogP contribution is 2.19. The van der Waals surface area contributed by atoms with Crippen molar-refractivity contribution < 1.29 is 13.9 Å². The van der Waals surface area contributed by atoms with E-state index in [0.29, 0.717) is 36.8 Å². The summed E-state index contributed by atoms with van der Waals surface area (Å²) < 4.78 is 18.6. The maximum atomic E-state index is 12.9. The zero-order chi connectivity index (χ0) is 18.5. The van der Waals surface area contributed by atoms with Crippen molar-refractivity contribution in [2.75, 3.05) is 19.7 Å².